The summed E-state index contributed by atoms with van der Waals surface area (Å²) >= 11 is 0. The molecule has 9 heteroatoms. The minimum absolute atomic E-state index is 0.0969. The van der Waals surface area contributed by atoms with Gasteiger partial charge in [-0.25, -0.2) is 18.4 Å². The Kier molecular flexibility index (Phi) is 6.50. The van der Waals surface area contributed by atoms with Crippen molar-refractivity contribution in [2.75, 3.05) is 11.9 Å². The number of hydrogen-bond donors (Lipinski definition) is 2. The second-order valence-corrected chi connectivity index (χ2v) is 6.01. The Morgan fingerprint density at radius 3 is 2.50 bits per heavy atom. The molecule has 1 heterocycles. The van der Waals surface area contributed by atoms with Gasteiger partial charge in [0.1, 0.15) is 17.3 Å². The van der Waals surface area contributed by atoms with Crippen LogP contribution in [0.1, 0.15) is 46.0 Å². The van der Waals surface area contributed by atoms with E-state index in [1.54, 1.807) is 20.8 Å². The van der Waals surface area contributed by atoms with Gasteiger partial charge < -0.3 is 19.8 Å². The Hall–Kier alpha value is -3.23. The average Bonchev–Trinajstić information content (AvgIpc) is 2.92. The number of carbonyl (C=O) groups excluding carboxylic acids is 3. The van der Waals surface area contributed by atoms with E-state index in [-0.39, 0.29) is 23.6 Å². The number of amides is 1. The van der Waals surface area contributed by atoms with Crippen LogP contribution in [0.3, 0.4) is 0 Å². The Balaban J connectivity index is 2.13. The maximum atomic E-state index is 13.6. The lowest BCUT2D eigenvalue weighted by atomic mass is 10.1. The molecule has 2 rings (SSSR count). The number of nitrogens with one attached hydrogen (secondary N) is 2. The number of halogens is 2. The number of aromatic nitrogens is 1. The van der Waals surface area contributed by atoms with Crippen LogP contribution in [0.5, 0.6) is 0 Å². The number of esters is 2. The van der Waals surface area contributed by atoms with Crippen LogP contribution in [0.4, 0.5) is 14.5 Å². The lowest BCUT2D eigenvalue weighted by Gasteiger charge is -2.14. The van der Waals surface area contributed by atoms with Gasteiger partial charge in [-0.2, -0.15) is 0 Å². The van der Waals surface area contributed by atoms with Crippen molar-refractivity contribution in [3.8, 4) is 0 Å². The van der Waals surface area contributed by atoms with Crippen LogP contribution in [0.15, 0.2) is 18.2 Å². The molecule has 0 saturated carbocycles. The van der Waals surface area contributed by atoms with Crippen LogP contribution >= 0.6 is 0 Å². The van der Waals surface area contributed by atoms with Gasteiger partial charge in [-0.05, 0) is 45.4 Å². The van der Waals surface area contributed by atoms with Crippen molar-refractivity contribution < 1.29 is 32.6 Å². The largest absolute Gasteiger partial charge is 0.461 e. The summed E-state index contributed by atoms with van der Waals surface area (Å²) < 4.78 is 36.9. The SMILES string of the molecule is CCOC(=O)c1[nH]c(C)c(C(=O)O[C@@H](C)C(=O)Nc2cc(F)ccc2F)c1C. The molecule has 1 amide bonds. The third kappa shape index (κ3) is 4.54. The van der Waals surface area contributed by atoms with Crippen molar-refractivity contribution in [2.45, 2.75) is 33.8 Å². The molecule has 2 aromatic rings. The number of carbonyl (C=O) groups is 3. The zero-order valence-corrected chi connectivity index (χ0v) is 15.8. The maximum Gasteiger partial charge on any atom is 0.355 e. The molecule has 7 nitrogen and oxygen atoms in total. The molecule has 0 unspecified atom stereocenters. The second kappa shape index (κ2) is 8.64. The molecule has 0 aliphatic rings. The first-order chi connectivity index (χ1) is 13.1. The van der Waals surface area contributed by atoms with E-state index in [2.05, 4.69) is 10.3 Å². The molecule has 2 N–H and O–H groups in total. The van der Waals surface area contributed by atoms with E-state index in [0.717, 1.165) is 18.2 Å². The van der Waals surface area contributed by atoms with Crippen molar-refractivity contribution in [3.05, 3.63) is 52.3 Å². The van der Waals surface area contributed by atoms with Gasteiger partial charge >= 0.3 is 11.9 Å². The number of rotatable bonds is 6. The standard InChI is InChI=1S/C19H20F2N2O5/c1-5-27-19(26)16-9(2)15(10(3)22-16)18(25)28-11(4)17(24)23-14-8-12(20)6-7-13(14)21/h6-8,11,22H,5H2,1-4H3,(H,23,24)/t11-/m0/s1. The summed E-state index contributed by atoms with van der Waals surface area (Å²) in [6.07, 6.45) is -1.30. The number of anilines is 1. The minimum atomic E-state index is -1.30. The van der Waals surface area contributed by atoms with Gasteiger partial charge in [0.05, 0.1) is 17.9 Å². The molecule has 0 saturated heterocycles. The molecule has 28 heavy (non-hydrogen) atoms. The average molecular weight is 394 g/mol. The van der Waals surface area contributed by atoms with Gasteiger partial charge in [-0.3, -0.25) is 4.79 Å². The number of ether oxygens (including phenoxy) is 2. The van der Waals surface area contributed by atoms with Crippen molar-refractivity contribution in [1.82, 2.24) is 4.98 Å². The summed E-state index contributed by atoms with van der Waals surface area (Å²) in [5, 5.41) is 2.16. The van der Waals surface area contributed by atoms with Gasteiger partial charge in [0.2, 0.25) is 0 Å². The number of aromatic amines is 1. The molecule has 0 bridgehead atoms. The predicted octanol–water partition coefficient (Wildman–Crippen LogP) is 3.27. The molecule has 0 fully saturated rings. The third-order valence-electron chi connectivity index (χ3n) is 3.96. The molecule has 1 aromatic carbocycles. The monoisotopic (exact) mass is 394 g/mol. The quantitative estimate of drug-likeness (QED) is 0.733. The number of H-pyrrole nitrogens is 1. The van der Waals surface area contributed by atoms with Crippen LogP contribution in [0.2, 0.25) is 0 Å². The van der Waals surface area contributed by atoms with E-state index >= 15 is 0 Å². The van der Waals surface area contributed by atoms with E-state index in [4.69, 9.17) is 9.47 Å². The Morgan fingerprint density at radius 2 is 1.86 bits per heavy atom. The van der Waals surface area contributed by atoms with Crippen LogP contribution in [0.25, 0.3) is 0 Å². The summed E-state index contributed by atoms with van der Waals surface area (Å²) in [5.41, 5.74) is 0.537. The second-order valence-electron chi connectivity index (χ2n) is 6.01. The topological polar surface area (TPSA) is 97.5 Å². The fourth-order valence-corrected chi connectivity index (χ4v) is 2.56. The summed E-state index contributed by atoms with van der Waals surface area (Å²) in [6, 6.07) is 2.59. The predicted molar refractivity (Wildman–Crippen MR) is 96.1 cm³/mol. The van der Waals surface area contributed by atoms with Crippen LogP contribution in [0, 0.1) is 25.5 Å². The summed E-state index contributed by atoms with van der Waals surface area (Å²) in [4.78, 5) is 39.3. The van der Waals surface area contributed by atoms with Gasteiger partial charge in [-0.15, -0.1) is 0 Å². The van der Waals surface area contributed by atoms with Crippen molar-refractivity contribution in [3.63, 3.8) is 0 Å². The van der Waals surface area contributed by atoms with Crippen LogP contribution < -0.4 is 5.32 Å². The van der Waals surface area contributed by atoms with Gasteiger partial charge in [0, 0.05) is 11.8 Å². The zero-order valence-electron chi connectivity index (χ0n) is 15.8. The van der Waals surface area contributed by atoms with Crippen molar-refractivity contribution >= 4 is 23.5 Å². The number of benzene rings is 1. The Bertz CT molecular complexity index is 923. The maximum absolute atomic E-state index is 13.6. The molecular weight excluding hydrogens is 374 g/mol. The molecule has 1 atom stereocenters. The minimum Gasteiger partial charge on any atom is -0.461 e. The number of hydrogen-bond acceptors (Lipinski definition) is 5. The van der Waals surface area contributed by atoms with Gasteiger partial charge in [0.25, 0.3) is 5.91 Å². The molecule has 0 radical (unpaired) electrons. The Morgan fingerprint density at radius 1 is 1.18 bits per heavy atom. The smallest absolute Gasteiger partial charge is 0.355 e. The third-order valence-corrected chi connectivity index (χ3v) is 3.96. The fraction of sp³-hybridized carbons (Fsp3) is 0.316. The van der Waals surface area contributed by atoms with E-state index in [1.807, 2.05) is 0 Å². The molecular formula is C19H20F2N2O5. The van der Waals surface area contributed by atoms with Gasteiger partial charge in [-0.1, -0.05) is 0 Å². The molecule has 0 spiro atoms. The molecule has 150 valence electrons. The van der Waals surface area contributed by atoms with Crippen molar-refractivity contribution in [1.29, 1.82) is 0 Å². The van der Waals surface area contributed by atoms with Crippen LogP contribution in [-0.2, 0) is 14.3 Å². The van der Waals surface area contributed by atoms with Crippen molar-refractivity contribution in [2.24, 2.45) is 0 Å². The van der Waals surface area contributed by atoms with E-state index in [1.165, 1.54) is 6.92 Å². The van der Waals surface area contributed by atoms with Gasteiger partial charge in [0.15, 0.2) is 6.10 Å². The number of aryl methyl sites for hydroxylation is 1. The van der Waals surface area contributed by atoms with E-state index < -0.39 is 35.6 Å². The Labute approximate surface area is 160 Å². The highest BCUT2D eigenvalue weighted by Gasteiger charge is 2.27. The summed E-state index contributed by atoms with van der Waals surface area (Å²) in [7, 11) is 0. The first-order valence-electron chi connectivity index (χ1n) is 8.48. The first kappa shape index (κ1) is 21.1. The molecule has 1 aromatic heterocycles. The fourth-order valence-electron chi connectivity index (χ4n) is 2.56. The first-order valence-corrected chi connectivity index (χ1v) is 8.48. The van der Waals surface area contributed by atoms with E-state index in [9.17, 15) is 23.2 Å². The highest BCUT2D eigenvalue weighted by atomic mass is 19.1. The van der Waals surface area contributed by atoms with E-state index in [0.29, 0.717) is 11.3 Å². The lowest BCUT2D eigenvalue weighted by molar-refractivity contribution is -0.123. The normalized spacial score (nSPS) is 11.6. The van der Waals surface area contributed by atoms with Crippen LogP contribution in [-0.4, -0.2) is 35.5 Å². The lowest BCUT2D eigenvalue weighted by Crippen LogP contribution is -2.30. The zero-order chi connectivity index (χ0) is 21.0. The molecule has 0 aliphatic heterocycles. The summed E-state index contributed by atoms with van der Waals surface area (Å²) in [5.74, 6) is -3.86. The summed E-state index contributed by atoms with van der Waals surface area (Å²) in [6.45, 7) is 6.22. The molecule has 0 aliphatic carbocycles. The highest BCUT2D eigenvalue weighted by Crippen LogP contribution is 2.21. The highest BCUT2D eigenvalue weighted by molar-refractivity contribution is 6.01.